The van der Waals surface area contributed by atoms with Crippen molar-refractivity contribution < 1.29 is 14.0 Å². The van der Waals surface area contributed by atoms with Crippen molar-refractivity contribution in [2.45, 2.75) is 18.8 Å². The van der Waals surface area contributed by atoms with E-state index in [0.29, 0.717) is 11.1 Å². The second-order valence-electron chi connectivity index (χ2n) is 4.52. The SMILES string of the molecule is CN(C)C(=O)CC1CC(=O)c2cccc(F)c21. The number of fused-ring (bicyclic) bond motifs is 1. The molecular formula is C13H14FNO2. The van der Waals surface area contributed by atoms with Crippen molar-refractivity contribution in [2.75, 3.05) is 14.1 Å². The van der Waals surface area contributed by atoms with Crippen LogP contribution in [0.15, 0.2) is 18.2 Å². The molecule has 1 aromatic carbocycles. The lowest BCUT2D eigenvalue weighted by Gasteiger charge is -2.15. The van der Waals surface area contributed by atoms with Crippen molar-refractivity contribution in [1.29, 1.82) is 0 Å². The number of halogens is 1. The fraction of sp³-hybridized carbons (Fsp3) is 0.385. The number of rotatable bonds is 2. The molecule has 2 rings (SSSR count). The Bertz CT molecular complexity index is 482. The number of carbonyl (C=O) groups is 2. The van der Waals surface area contributed by atoms with Gasteiger partial charge in [-0.15, -0.1) is 0 Å². The maximum atomic E-state index is 13.7. The van der Waals surface area contributed by atoms with Gasteiger partial charge in [-0.3, -0.25) is 9.59 Å². The monoisotopic (exact) mass is 235 g/mol. The Hall–Kier alpha value is -1.71. The molecule has 0 aliphatic heterocycles. The van der Waals surface area contributed by atoms with Crippen LogP contribution in [0.2, 0.25) is 0 Å². The number of Topliss-reactive ketones (excluding diaryl/α,β-unsaturated/α-hetero) is 1. The van der Waals surface area contributed by atoms with Crippen molar-refractivity contribution in [3.8, 4) is 0 Å². The van der Waals surface area contributed by atoms with Crippen LogP contribution in [0, 0.1) is 5.82 Å². The van der Waals surface area contributed by atoms with E-state index in [9.17, 15) is 14.0 Å². The Labute approximate surface area is 99.2 Å². The summed E-state index contributed by atoms with van der Waals surface area (Å²) in [6.07, 6.45) is 0.419. The van der Waals surface area contributed by atoms with Gasteiger partial charge in [-0.1, -0.05) is 12.1 Å². The summed E-state index contributed by atoms with van der Waals surface area (Å²) in [5.74, 6) is -0.853. The lowest BCUT2D eigenvalue weighted by atomic mass is 9.97. The molecule has 4 heteroatoms. The minimum absolute atomic E-state index is 0.0731. The van der Waals surface area contributed by atoms with Crippen LogP contribution in [0.1, 0.15) is 34.7 Å². The predicted octanol–water partition coefficient (Wildman–Crippen LogP) is 1.97. The zero-order valence-corrected chi connectivity index (χ0v) is 9.87. The Morgan fingerprint density at radius 2 is 2.18 bits per heavy atom. The van der Waals surface area contributed by atoms with Gasteiger partial charge in [-0.2, -0.15) is 0 Å². The molecule has 3 nitrogen and oxygen atoms in total. The number of amides is 1. The van der Waals surface area contributed by atoms with Crippen LogP contribution in [0.25, 0.3) is 0 Å². The molecule has 1 aliphatic carbocycles. The first kappa shape index (κ1) is 11.8. The van der Waals surface area contributed by atoms with Gasteiger partial charge in [-0.25, -0.2) is 4.39 Å². The van der Waals surface area contributed by atoms with Crippen LogP contribution < -0.4 is 0 Å². The van der Waals surface area contributed by atoms with Gasteiger partial charge < -0.3 is 4.90 Å². The van der Waals surface area contributed by atoms with E-state index < -0.39 is 0 Å². The molecule has 1 unspecified atom stereocenters. The number of nitrogens with zero attached hydrogens (tertiary/aromatic N) is 1. The average molecular weight is 235 g/mol. The second kappa shape index (κ2) is 4.28. The average Bonchev–Trinajstić information content (AvgIpc) is 2.57. The number of hydrogen-bond acceptors (Lipinski definition) is 2. The molecular weight excluding hydrogens is 221 g/mol. The van der Waals surface area contributed by atoms with Gasteiger partial charge in [0, 0.05) is 44.0 Å². The van der Waals surface area contributed by atoms with E-state index >= 15 is 0 Å². The van der Waals surface area contributed by atoms with Crippen LogP contribution in [0.5, 0.6) is 0 Å². The first-order chi connectivity index (χ1) is 8.00. The first-order valence-corrected chi connectivity index (χ1v) is 5.52. The maximum absolute atomic E-state index is 13.7. The molecule has 1 amide bonds. The number of ketones is 1. The zero-order chi connectivity index (χ0) is 12.6. The molecule has 0 bridgehead atoms. The van der Waals surface area contributed by atoms with Crippen molar-refractivity contribution in [2.24, 2.45) is 0 Å². The summed E-state index contributed by atoms with van der Waals surface area (Å²) < 4.78 is 13.7. The summed E-state index contributed by atoms with van der Waals surface area (Å²) in [4.78, 5) is 24.8. The summed E-state index contributed by atoms with van der Waals surface area (Å²) in [5, 5.41) is 0. The highest BCUT2D eigenvalue weighted by molar-refractivity contribution is 6.02. The minimum Gasteiger partial charge on any atom is -0.349 e. The third-order valence-electron chi connectivity index (χ3n) is 3.11. The van der Waals surface area contributed by atoms with E-state index in [1.807, 2.05) is 0 Å². The number of hydrogen-bond donors (Lipinski definition) is 0. The molecule has 0 spiro atoms. The van der Waals surface area contributed by atoms with E-state index in [2.05, 4.69) is 0 Å². The molecule has 17 heavy (non-hydrogen) atoms. The topological polar surface area (TPSA) is 37.4 Å². The largest absolute Gasteiger partial charge is 0.349 e. The highest BCUT2D eigenvalue weighted by Gasteiger charge is 2.33. The van der Waals surface area contributed by atoms with Crippen LogP contribution >= 0.6 is 0 Å². The van der Waals surface area contributed by atoms with Gasteiger partial charge in [0.15, 0.2) is 5.78 Å². The molecule has 0 N–H and O–H groups in total. The predicted molar refractivity (Wildman–Crippen MR) is 61.4 cm³/mol. The lowest BCUT2D eigenvalue weighted by molar-refractivity contribution is -0.129. The fourth-order valence-electron chi connectivity index (χ4n) is 2.20. The van der Waals surface area contributed by atoms with Gasteiger partial charge in [0.05, 0.1) is 0 Å². The highest BCUT2D eigenvalue weighted by Crippen LogP contribution is 2.37. The smallest absolute Gasteiger partial charge is 0.222 e. The number of carbonyl (C=O) groups excluding carboxylic acids is 2. The lowest BCUT2D eigenvalue weighted by Crippen LogP contribution is -2.23. The van der Waals surface area contributed by atoms with E-state index in [1.165, 1.54) is 17.0 Å². The molecule has 0 aromatic heterocycles. The fourth-order valence-corrected chi connectivity index (χ4v) is 2.20. The molecule has 0 radical (unpaired) electrons. The Morgan fingerprint density at radius 3 is 2.82 bits per heavy atom. The summed E-state index contributed by atoms with van der Waals surface area (Å²) in [5.41, 5.74) is 0.842. The standard InChI is InChI=1S/C13H14FNO2/c1-15(2)12(17)7-8-6-11(16)9-4-3-5-10(14)13(8)9/h3-5,8H,6-7H2,1-2H3. The molecule has 0 saturated heterocycles. The van der Waals surface area contributed by atoms with Gasteiger partial charge >= 0.3 is 0 Å². The summed E-state index contributed by atoms with van der Waals surface area (Å²) in [6.45, 7) is 0. The van der Waals surface area contributed by atoms with E-state index in [4.69, 9.17) is 0 Å². The van der Waals surface area contributed by atoms with Crippen molar-refractivity contribution in [1.82, 2.24) is 4.90 Å². The molecule has 1 atom stereocenters. The van der Waals surface area contributed by atoms with Gasteiger partial charge in [0.25, 0.3) is 0 Å². The van der Waals surface area contributed by atoms with Crippen molar-refractivity contribution >= 4 is 11.7 Å². The van der Waals surface area contributed by atoms with Crippen molar-refractivity contribution in [3.05, 3.63) is 35.1 Å². The van der Waals surface area contributed by atoms with Gasteiger partial charge in [0.1, 0.15) is 5.82 Å². The van der Waals surface area contributed by atoms with Gasteiger partial charge in [0.2, 0.25) is 5.91 Å². The van der Waals surface area contributed by atoms with E-state index in [0.717, 1.165) is 0 Å². The molecule has 1 aromatic rings. The Morgan fingerprint density at radius 1 is 1.47 bits per heavy atom. The molecule has 0 heterocycles. The van der Waals surface area contributed by atoms with Crippen LogP contribution in [-0.2, 0) is 4.79 Å². The van der Waals surface area contributed by atoms with Crippen LogP contribution in [0.3, 0.4) is 0 Å². The van der Waals surface area contributed by atoms with Gasteiger partial charge in [-0.05, 0) is 6.07 Å². The third kappa shape index (κ3) is 2.07. The van der Waals surface area contributed by atoms with E-state index in [-0.39, 0.29) is 36.3 Å². The molecule has 0 fully saturated rings. The highest BCUT2D eigenvalue weighted by atomic mass is 19.1. The Balaban J connectivity index is 2.31. The summed E-state index contributed by atoms with van der Waals surface area (Å²) in [6, 6.07) is 4.49. The van der Waals surface area contributed by atoms with E-state index in [1.54, 1.807) is 20.2 Å². The molecule has 0 saturated carbocycles. The summed E-state index contributed by atoms with van der Waals surface area (Å²) >= 11 is 0. The first-order valence-electron chi connectivity index (χ1n) is 5.52. The second-order valence-corrected chi connectivity index (χ2v) is 4.52. The van der Waals surface area contributed by atoms with Crippen LogP contribution in [0.4, 0.5) is 4.39 Å². The maximum Gasteiger partial charge on any atom is 0.222 e. The van der Waals surface area contributed by atoms with Crippen LogP contribution in [-0.4, -0.2) is 30.7 Å². The molecule has 1 aliphatic rings. The molecule has 90 valence electrons. The quantitative estimate of drug-likeness (QED) is 0.786. The summed E-state index contributed by atoms with van der Waals surface area (Å²) in [7, 11) is 3.31. The van der Waals surface area contributed by atoms with Crippen molar-refractivity contribution in [3.63, 3.8) is 0 Å². The number of benzene rings is 1. The third-order valence-corrected chi connectivity index (χ3v) is 3.11. The minimum atomic E-state index is -0.384. The Kier molecular flexibility index (Phi) is 2.96. The normalized spacial score (nSPS) is 18.1. The zero-order valence-electron chi connectivity index (χ0n) is 9.87.